The molecule has 0 unspecified atom stereocenters. The summed E-state index contributed by atoms with van der Waals surface area (Å²) in [5.41, 5.74) is 0.634. The third kappa shape index (κ3) is 4.97. The van der Waals surface area contributed by atoms with Crippen LogP contribution in [-0.4, -0.2) is 38.4 Å². The molecule has 1 aliphatic heterocycles. The van der Waals surface area contributed by atoms with E-state index in [4.69, 9.17) is 11.6 Å². The maximum atomic E-state index is 12.3. The van der Waals surface area contributed by atoms with Crippen LogP contribution in [0.1, 0.15) is 31.7 Å². The molecule has 1 fully saturated rings. The van der Waals surface area contributed by atoms with E-state index >= 15 is 0 Å². The lowest BCUT2D eigenvalue weighted by atomic mass is 10.1. The maximum absolute atomic E-state index is 12.3. The van der Waals surface area contributed by atoms with Crippen LogP contribution in [-0.2, 0) is 20.6 Å². The van der Waals surface area contributed by atoms with Crippen LogP contribution in [0.3, 0.4) is 0 Å². The fourth-order valence-corrected chi connectivity index (χ4v) is 4.03. The Kier molecular flexibility index (Phi) is 5.83. The zero-order chi connectivity index (χ0) is 16.2. The van der Waals surface area contributed by atoms with Crippen LogP contribution < -0.4 is 4.72 Å². The lowest BCUT2D eigenvalue weighted by Crippen LogP contribution is -2.48. The van der Waals surface area contributed by atoms with Gasteiger partial charge in [-0.1, -0.05) is 23.7 Å². The molecule has 0 bridgehead atoms. The van der Waals surface area contributed by atoms with Crippen molar-refractivity contribution in [1.29, 1.82) is 0 Å². The Morgan fingerprint density at radius 2 is 1.82 bits per heavy atom. The minimum atomic E-state index is -3.57. The standard InChI is InChI=1S/C15H21ClN2O3S/c1-12(15(19)18-9-3-2-4-10-18)17-22(20,21)11-13-5-7-14(16)8-6-13/h5-8,12,17H,2-4,9-11H2,1H3/t12-/m1/s1. The van der Waals surface area contributed by atoms with Crippen LogP contribution in [0.5, 0.6) is 0 Å². The van der Waals surface area contributed by atoms with Gasteiger partial charge in [0.25, 0.3) is 0 Å². The Balaban J connectivity index is 1.95. The molecule has 0 radical (unpaired) electrons. The van der Waals surface area contributed by atoms with Gasteiger partial charge in [-0.05, 0) is 43.9 Å². The minimum Gasteiger partial charge on any atom is -0.341 e. The molecule has 1 aromatic carbocycles. The molecule has 0 aromatic heterocycles. The van der Waals surface area contributed by atoms with E-state index in [1.807, 2.05) is 0 Å². The summed E-state index contributed by atoms with van der Waals surface area (Å²) in [7, 11) is -3.57. The number of sulfonamides is 1. The molecular formula is C15H21ClN2O3S. The van der Waals surface area contributed by atoms with Gasteiger partial charge >= 0.3 is 0 Å². The highest BCUT2D eigenvalue weighted by Gasteiger charge is 2.25. The highest BCUT2D eigenvalue weighted by molar-refractivity contribution is 7.88. The van der Waals surface area contributed by atoms with Gasteiger partial charge in [-0.3, -0.25) is 4.79 Å². The number of halogens is 1. The predicted octanol–water partition coefficient (Wildman–Crippen LogP) is 2.16. The SMILES string of the molecule is C[C@@H](NS(=O)(=O)Cc1ccc(Cl)cc1)C(=O)N1CCCCC1. The number of amides is 1. The normalized spacial score (nSPS) is 17.3. The number of benzene rings is 1. The van der Waals surface area contributed by atoms with E-state index in [2.05, 4.69) is 4.72 Å². The van der Waals surface area contributed by atoms with Crippen LogP contribution in [0.25, 0.3) is 0 Å². The lowest BCUT2D eigenvalue weighted by Gasteiger charge is -2.29. The van der Waals surface area contributed by atoms with E-state index in [0.29, 0.717) is 23.7 Å². The van der Waals surface area contributed by atoms with Gasteiger partial charge in [0.1, 0.15) is 0 Å². The van der Waals surface area contributed by atoms with Gasteiger partial charge < -0.3 is 4.90 Å². The van der Waals surface area contributed by atoms with Gasteiger partial charge in [-0.2, -0.15) is 0 Å². The second kappa shape index (κ2) is 7.44. The average molecular weight is 345 g/mol. The molecule has 0 saturated carbocycles. The van der Waals surface area contributed by atoms with Gasteiger partial charge in [-0.15, -0.1) is 0 Å². The van der Waals surface area contributed by atoms with Crippen molar-refractivity contribution in [3.63, 3.8) is 0 Å². The molecule has 1 N–H and O–H groups in total. The van der Waals surface area contributed by atoms with Crippen molar-refractivity contribution < 1.29 is 13.2 Å². The van der Waals surface area contributed by atoms with Crippen molar-refractivity contribution in [2.45, 2.75) is 38.0 Å². The average Bonchev–Trinajstić information content (AvgIpc) is 2.49. The number of hydrogen-bond donors (Lipinski definition) is 1. The van der Waals surface area contributed by atoms with Gasteiger partial charge in [0.05, 0.1) is 11.8 Å². The fraction of sp³-hybridized carbons (Fsp3) is 0.533. The fourth-order valence-electron chi connectivity index (χ4n) is 2.55. The largest absolute Gasteiger partial charge is 0.341 e. The molecule has 1 heterocycles. The van der Waals surface area contributed by atoms with Crippen molar-refractivity contribution in [3.8, 4) is 0 Å². The summed E-state index contributed by atoms with van der Waals surface area (Å²) in [5, 5.41) is 0.558. The highest BCUT2D eigenvalue weighted by Crippen LogP contribution is 2.13. The molecule has 1 saturated heterocycles. The zero-order valence-corrected chi connectivity index (χ0v) is 14.2. The first kappa shape index (κ1) is 17.2. The Bertz CT molecular complexity index is 610. The summed E-state index contributed by atoms with van der Waals surface area (Å²) in [5.74, 6) is -0.318. The molecule has 0 spiro atoms. The first-order valence-corrected chi connectivity index (χ1v) is 9.44. The molecule has 1 atom stereocenters. The van der Waals surface area contributed by atoms with Crippen molar-refractivity contribution in [3.05, 3.63) is 34.9 Å². The van der Waals surface area contributed by atoms with Crippen LogP contribution in [0.15, 0.2) is 24.3 Å². The zero-order valence-electron chi connectivity index (χ0n) is 12.6. The summed E-state index contributed by atoms with van der Waals surface area (Å²) in [6.07, 6.45) is 3.09. The summed E-state index contributed by atoms with van der Waals surface area (Å²) in [6.45, 7) is 3.01. The smallest absolute Gasteiger partial charge is 0.240 e. The monoisotopic (exact) mass is 344 g/mol. The summed E-state index contributed by atoms with van der Waals surface area (Å²) in [4.78, 5) is 14.0. The summed E-state index contributed by atoms with van der Waals surface area (Å²) in [6, 6.07) is 5.89. The second-order valence-electron chi connectivity index (χ2n) is 5.61. The van der Waals surface area contributed by atoms with Gasteiger partial charge in [0.15, 0.2) is 0 Å². The van der Waals surface area contributed by atoms with E-state index in [1.165, 1.54) is 0 Å². The maximum Gasteiger partial charge on any atom is 0.240 e. The first-order chi connectivity index (χ1) is 10.4. The number of carbonyl (C=O) groups is 1. The summed E-state index contributed by atoms with van der Waals surface area (Å²) >= 11 is 5.78. The van der Waals surface area contributed by atoms with Crippen molar-refractivity contribution in [2.24, 2.45) is 0 Å². The number of rotatable bonds is 5. The van der Waals surface area contributed by atoms with Gasteiger partial charge in [-0.25, -0.2) is 13.1 Å². The molecule has 5 nitrogen and oxygen atoms in total. The Morgan fingerprint density at radius 3 is 2.41 bits per heavy atom. The number of likely N-dealkylation sites (tertiary alicyclic amines) is 1. The number of hydrogen-bond acceptors (Lipinski definition) is 3. The van der Waals surface area contributed by atoms with Crippen molar-refractivity contribution >= 4 is 27.5 Å². The van der Waals surface area contributed by atoms with E-state index in [9.17, 15) is 13.2 Å². The molecule has 1 aromatic rings. The third-order valence-electron chi connectivity index (χ3n) is 3.66. The van der Waals surface area contributed by atoms with Crippen LogP contribution in [0, 0.1) is 0 Å². The Hall–Kier alpha value is -1.11. The van der Waals surface area contributed by atoms with Crippen LogP contribution in [0.2, 0.25) is 5.02 Å². The third-order valence-corrected chi connectivity index (χ3v) is 5.34. The first-order valence-electron chi connectivity index (χ1n) is 7.40. The molecule has 0 aliphatic carbocycles. The number of nitrogens with zero attached hydrogens (tertiary/aromatic N) is 1. The van der Waals surface area contributed by atoms with E-state index in [-0.39, 0.29) is 11.7 Å². The number of carbonyl (C=O) groups excluding carboxylic acids is 1. The Morgan fingerprint density at radius 1 is 1.23 bits per heavy atom. The topological polar surface area (TPSA) is 66.5 Å². The van der Waals surface area contributed by atoms with Crippen molar-refractivity contribution in [1.82, 2.24) is 9.62 Å². The molecule has 1 aliphatic rings. The number of piperidine rings is 1. The molecule has 2 rings (SSSR count). The molecule has 1 amide bonds. The minimum absolute atomic E-state index is 0.153. The summed E-state index contributed by atoms with van der Waals surface area (Å²) < 4.78 is 26.8. The molecule has 122 valence electrons. The Labute approximate surface area is 136 Å². The van der Waals surface area contributed by atoms with E-state index in [1.54, 1.807) is 36.1 Å². The van der Waals surface area contributed by atoms with E-state index in [0.717, 1.165) is 19.3 Å². The molecule has 22 heavy (non-hydrogen) atoms. The van der Waals surface area contributed by atoms with E-state index < -0.39 is 16.1 Å². The van der Waals surface area contributed by atoms with Crippen molar-refractivity contribution in [2.75, 3.05) is 13.1 Å². The second-order valence-corrected chi connectivity index (χ2v) is 7.80. The molecular weight excluding hydrogens is 324 g/mol. The highest BCUT2D eigenvalue weighted by atomic mass is 35.5. The van der Waals surface area contributed by atoms with Crippen LogP contribution in [0.4, 0.5) is 0 Å². The predicted molar refractivity (Wildman–Crippen MR) is 87.1 cm³/mol. The van der Waals surface area contributed by atoms with Gasteiger partial charge in [0, 0.05) is 18.1 Å². The van der Waals surface area contributed by atoms with Crippen LogP contribution >= 0.6 is 11.6 Å². The quantitative estimate of drug-likeness (QED) is 0.890. The lowest BCUT2D eigenvalue weighted by molar-refractivity contribution is -0.133. The van der Waals surface area contributed by atoms with Gasteiger partial charge in [0.2, 0.25) is 15.9 Å². The number of nitrogens with one attached hydrogen (secondary N) is 1. The molecule has 7 heteroatoms.